The highest BCUT2D eigenvalue weighted by atomic mass is 16.3. The number of aromatic nitrogens is 1. The van der Waals surface area contributed by atoms with Crippen molar-refractivity contribution in [2.75, 3.05) is 6.61 Å². The zero-order valence-corrected chi connectivity index (χ0v) is 7.16. The number of hydrogen-bond acceptors (Lipinski definition) is 2. The molecule has 66 valence electrons. The van der Waals surface area contributed by atoms with Gasteiger partial charge in [0.15, 0.2) is 5.78 Å². The van der Waals surface area contributed by atoms with Gasteiger partial charge in [-0.3, -0.25) is 4.79 Å². The molecule has 0 fully saturated rings. The number of aliphatic hydroxyl groups is 1. The lowest BCUT2D eigenvalue weighted by molar-refractivity contribution is 0.0988. The van der Waals surface area contributed by atoms with Crippen LogP contribution in [0.2, 0.25) is 0 Å². The van der Waals surface area contributed by atoms with Crippen LogP contribution in [0.3, 0.4) is 0 Å². The molecule has 0 radical (unpaired) electrons. The van der Waals surface area contributed by atoms with E-state index in [1.54, 1.807) is 18.5 Å². The fourth-order valence-electron chi connectivity index (χ4n) is 1.06. The lowest BCUT2D eigenvalue weighted by Gasteiger charge is -1.96. The van der Waals surface area contributed by atoms with Crippen LogP contribution < -0.4 is 0 Å². The van der Waals surface area contributed by atoms with E-state index in [4.69, 9.17) is 5.11 Å². The number of hydrogen-bond donors (Lipinski definition) is 1. The minimum atomic E-state index is 0.106. The van der Waals surface area contributed by atoms with E-state index in [1.807, 2.05) is 11.5 Å². The minimum Gasteiger partial charge on any atom is -0.395 e. The first-order valence-corrected chi connectivity index (χ1v) is 4.07. The van der Waals surface area contributed by atoms with Gasteiger partial charge in [0.05, 0.1) is 6.61 Å². The van der Waals surface area contributed by atoms with Crippen LogP contribution in [-0.2, 0) is 6.54 Å². The summed E-state index contributed by atoms with van der Waals surface area (Å²) in [6.45, 7) is 2.50. The fraction of sp³-hybridized carbons (Fsp3) is 0.444. The maximum Gasteiger partial charge on any atom is 0.164 e. The number of ketones is 1. The molecule has 0 aliphatic carbocycles. The summed E-state index contributed by atoms with van der Waals surface area (Å²) in [4.78, 5) is 11.2. The van der Waals surface area contributed by atoms with Crippen LogP contribution in [0.4, 0.5) is 0 Å². The second kappa shape index (κ2) is 4.07. The van der Waals surface area contributed by atoms with Gasteiger partial charge in [0, 0.05) is 30.9 Å². The molecule has 0 aliphatic heterocycles. The van der Waals surface area contributed by atoms with Gasteiger partial charge in [-0.15, -0.1) is 0 Å². The molecule has 0 saturated carbocycles. The van der Waals surface area contributed by atoms with Crippen LogP contribution in [0.1, 0.15) is 23.7 Å². The second-order valence-electron chi connectivity index (χ2n) is 2.64. The fourth-order valence-corrected chi connectivity index (χ4v) is 1.06. The summed E-state index contributed by atoms with van der Waals surface area (Å²) >= 11 is 0. The minimum absolute atomic E-state index is 0.106. The summed E-state index contributed by atoms with van der Waals surface area (Å²) in [7, 11) is 0. The first kappa shape index (κ1) is 9.00. The zero-order chi connectivity index (χ0) is 8.97. The van der Waals surface area contributed by atoms with E-state index in [1.165, 1.54) is 0 Å². The Morgan fingerprint density at radius 2 is 2.42 bits per heavy atom. The van der Waals surface area contributed by atoms with Gasteiger partial charge >= 0.3 is 0 Å². The number of rotatable bonds is 4. The molecule has 0 saturated heterocycles. The number of carbonyl (C=O) groups excluding carboxylic acids is 1. The van der Waals surface area contributed by atoms with E-state index < -0.39 is 0 Å². The lowest BCUT2D eigenvalue weighted by atomic mass is 10.2. The van der Waals surface area contributed by atoms with E-state index in [9.17, 15) is 4.79 Å². The van der Waals surface area contributed by atoms with Gasteiger partial charge in [0.1, 0.15) is 0 Å². The molecule has 12 heavy (non-hydrogen) atoms. The third-order valence-electron chi connectivity index (χ3n) is 1.75. The van der Waals surface area contributed by atoms with E-state index in [2.05, 4.69) is 0 Å². The SMILES string of the molecule is CCC(=O)c1ccn(CCO)c1. The van der Waals surface area contributed by atoms with E-state index >= 15 is 0 Å². The third kappa shape index (κ3) is 1.95. The summed E-state index contributed by atoms with van der Waals surface area (Å²) in [5.41, 5.74) is 0.728. The Morgan fingerprint density at radius 1 is 1.67 bits per heavy atom. The molecule has 0 unspecified atom stereocenters. The number of carbonyl (C=O) groups is 1. The van der Waals surface area contributed by atoms with E-state index in [0.717, 1.165) is 5.56 Å². The maximum atomic E-state index is 11.2. The normalized spacial score (nSPS) is 10.2. The molecule has 3 heteroatoms. The van der Waals surface area contributed by atoms with Crippen molar-refractivity contribution in [2.24, 2.45) is 0 Å². The van der Waals surface area contributed by atoms with Gasteiger partial charge in [0.25, 0.3) is 0 Å². The highest BCUT2D eigenvalue weighted by Gasteiger charge is 2.03. The summed E-state index contributed by atoms with van der Waals surface area (Å²) in [6, 6.07) is 1.78. The average molecular weight is 167 g/mol. The first-order valence-electron chi connectivity index (χ1n) is 4.07. The van der Waals surface area contributed by atoms with Crippen molar-refractivity contribution >= 4 is 5.78 Å². The van der Waals surface area contributed by atoms with Crippen molar-refractivity contribution in [3.05, 3.63) is 24.0 Å². The molecule has 0 atom stereocenters. The summed E-state index contributed by atoms with van der Waals surface area (Å²) in [5, 5.41) is 8.62. The topological polar surface area (TPSA) is 42.2 Å². The molecule has 1 rings (SSSR count). The van der Waals surface area contributed by atoms with Gasteiger partial charge < -0.3 is 9.67 Å². The molecule has 1 aromatic heterocycles. The smallest absolute Gasteiger partial charge is 0.164 e. The highest BCUT2D eigenvalue weighted by molar-refractivity contribution is 5.95. The quantitative estimate of drug-likeness (QED) is 0.681. The van der Waals surface area contributed by atoms with Crippen LogP contribution in [0.5, 0.6) is 0 Å². The van der Waals surface area contributed by atoms with E-state index in [-0.39, 0.29) is 12.4 Å². The van der Waals surface area contributed by atoms with E-state index in [0.29, 0.717) is 13.0 Å². The second-order valence-corrected chi connectivity index (χ2v) is 2.64. The number of nitrogens with zero attached hydrogens (tertiary/aromatic N) is 1. The van der Waals surface area contributed by atoms with Gasteiger partial charge in [0.2, 0.25) is 0 Å². The zero-order valence-electron chi connectivity index (χ0n) is 7.16. The summed E-state index contributed by atoms with van der Waals surface area (Å²) in [6.07, 6.45) is 4.10. The van der Waals surface area contributed by atoms with Crippen molar-refractivity contribution in [1.82, 2.24) is 4.57 Å². The summed E-state index contributed by atoms with van der Waals surface area (Å²) in [5.74, 6) is 0.145. The molecule has 3 nitrogen and oxygen atoms in total. The molecule has 0 bridgehead atoms. The maximum absolute atomic E-state index is 11.2. The first-order chi connectivity index (χ1) is 5.77. The van der Waals surface area contributed by atoms with Crippen molar-refractivity contribution in [3.8, 4) is 0 Å². The molecule has 1 heterocycles. The molecular weight excluding hydrogens is 154 g/mol. The van der Waals surface area contributed by atoms with Crippen molar-refractivity contribution in [1.29, 1.82) is 0 Å². The predicted molar refractivity (Wildman–Crippen MR) is 46.1 cm³/mol. The van der Waals surface area contributed by atoms with Gasteiger partial charge in [-0.05, 0) is 6.07 Å². The highest BCUT2D eigenvalue weighted by Crippen LogP contribution is 2.04. The van der Waals surface area contributed by atoms with Crippen LogP contribution in [-0.4, -0.2) is 22.1 Å². The monoisotopic (exact) mass is 167 g/mol. The molecular formula is C9H13NO2. The third-order valence-corrected chi connectivity index (χ3v) is 1.75. The van der Waals surface area contributed by atoms with Gasteiger partial charge in [-0.1, -0.05) is 6.92 Å². The van der Waals surface area contributed by atoms with Crippen LogP contribution >= 0.6 is 0 Å². The lowest BCUT2D eigenvalue weighted by Crippen LogP contribution is -1.99. The molecule has 1 N–H and O–H groups in total. The average Bonchev–Trinajstić information content (AvgIpc) is 2.52. The summed E-state index contributed by atoms with van der Waals surface area (Å²) < 4.78 is 1.81. The Hall–Kier alpha value is -1.09. The molecule has 0 spiro atoms. The largest absolute Gasteiger partial charge is 0.395 e. The molecule has 0 aromatic carbocycles. The Balaban J connectivity index is 2.70. The Labute approximate surface area is 71.6 Å². The Morgan fingerprint density at radius 3 is 3.00 bits per heavy atom. The molecule has 1 aromatic rings. The van der Waals surface area contributed by atoms with Gasteiger partial charge in [-0.25, -0.2) is 0 Å². The predicted octanol–water partition coefficient (Wildman–Crippen LogP) is 1.07. The van der Waals surface area contributed by atoms with Crippen molar-refractivity contribution in [2.45, 2.75) is 19.9 Å². The Bertz CT molecular complexity index is 265. The van der Waals surface area contributed by atoms with Crippen LogP contribution in [0.15, 0.2) is 18.5 Å². The van der Waals surface area contributed by atoms with Crippen molar-refractivity contribution < 1.29 is 9.90 Å². The van der Waals surface area contributed by atoms with Crippen molar-refractivity contribution in [3.63, 3.8) is 0 Å². The molecule has 0 aliphatic rings. The number of aliphatic hydroxyl groups excluding tert-OH is 1. The standard InChI is InChI=1S/C9H13NO2/c1-2-9(12)8-3-4-10(7-8)5-6-11/h3-4,7,11H,2,5-6H2,1H3. The molecule has 0 amide bonds. The van der Waals surface area contributed by atoms with Crippen LogP contribution in [0, 0.1) is 0 Å². The number of Topliss-reactive ketones (excluding diaryl/α,β-unsaturated/α-hetero) is 1. The Kier molecular flexibility index (Phi) is 3.05. The van der Waals surface area contributed by atoms with Crippen LogP contribution in [0.25, 0.3) is 0 Å². The van der Waals surface area contributed by atoms with Gasteiger partial charge in [-0.2, -0.15) is 0 Å².